The third-order valence-electron chi connectivity index (χ3n) is 4.04. The molecule has 8 nitrogen and oxygen atoms in total. The molecule has 1 unspecified atom stereocenters. The van der Waals surface area contributed by atoms with E-state index in [4.69, 9.17) is 11.6 Å². The van der Waals surface area contributed by atoms with Crippen molar-refractivity contribution in [1.82, 2.24) is 20.4 Å². The molecule has 1 aromatic carbocycles. The number of carbonyl (C=O) groups is 1. The molecule has 3 rings (SSSR count). The lowest BCUT2D eigenvalue weighted by Crippen LogP contribution is -2.48. The molecule has 134 valence electrons. The number of nitrogens with one attached hydrogen (secondary N) is 2. The van der Waals surface area contributed by atoms with Crippen molar-refractivity contribution in [2.24, 2.45) is 0 Å². The zero-order valence-corrected chi connectivity index (χ0v) is 14.9. The van der Waals surface area contributed by atoms with E-state index < -0.39 is 10.8 Å². The molecule has 1 aromatic heterocycles. The molecule has 1 saturated heterocycles. The first-order valence-corrected chi connectivity index (χ1v) is 7.83. The highest BCUT2D eigenvalue weighted by atomic mass is 35.5. The Bertz CT molecular complexity index is 795. The van der Waals surface area contributed by atoms with Gasteiger partial charge in [0.25, 0.3) is 5.91 Å². The van der Waals surface area contributed by atoms with Crippen molar-refractivity contribution in [1.29, 1.82) is 0 Å². The maximum Gasteiger partial charge on any atom is 0.322 e. The Morgan fingerprint density at radius 3 is 2.92 bits per heavy atom. The van der Waals surface area contributed by atoms with Gasteiger partial charge in [0.05, 0.1) is 11.0 Å². The molecule has 1 aliphatic heterocycles. The maximum absolute atomic E-state index is 12.9. The number of nitrogens with zero attached hydrogens (tertiary/aromatic N) is 3. The highest BCUT2D eigenvalue weighted by molar-refractivity contribution is 6.30. The molecule has 0 aliphatic carbocycles. The van der Waals surface area contributed by atoms with Gasteiger partial charge in [0.1, 0.15) is 5.69 Å². The van der Waals surface area contributed by atoms with E-state index in [0.29, 0.717) is 24.7 Å². The molecular weight excluding hydrogens is 369 g/mol. The Labute approximate surface area is 155 Å². The summed E-state index contributed by atoms with van der Waals surface area (Å²) in [6, 6.07) is 6.99. The molecule has 2 heterocycles. The number of halogens is 2. The first-order valence-electron chi connectivity index (χ1n) is 7.45. The fourth-order valence-electron chi connectivity index (χ4n) is 2.89. The van der Waals surface area contributed by atoms with Crippen LogP contribution in [0, 0.1) is 17.0 Å². The summed E-state index contributed by atoms with van der Waals surface area (Å²) in [4.78, 5) is 25.1. The number of hydrogen-bond donors (Lipinski definition) is 2. The minimum atomic E-state index is -0.581. The number of aromatic amines is 1. The van der Waals surface area contributed by atoms with Crippen LogP contribution in [0.3, 0.4) is 0 Å². The average Bonchev–Trinajstić information content (AvgIpc) is 2.96. The number of benzene rings is 1. The van der Waals surface area contributed by atoms with Crippen molar-refractivity contribution >= 4 is 35.6 Å². The number of aromatic nitrogens is 2. The van der Waals surface area contributed by atoms with Crippen LogP contribution in [0.25, 0.3) is 0 Å². The van der Waals surface area contributed by atoms with Gasteiger partial charge >= 0.3 is 5.69 Å². The topological polar surface area (TPSA) is 104 Å². The standard InChI is InChI=1S/C15H16ClN5O3.ClH/c1-9-14(21(23)24)13(19-18-9)15(22)20-6-5-17-8-12(20)10-3-2-4-11(16)7-10;/h2-4,7,12,17H,5-6,8H2,1H3,(H,18,19);1H. The molecule has 0 spiro atoms. The fraction of sp³-hybridized carbons (Fsp3) is 0.333. The van der Waals surface area contributed by atoms with E-state index in [2.05, 4.69) is 15.5 Å². The van der Waals surface area contributed by atoms with Gasteiger partial charge in [-0.25, -0.2) is 0 Å². The highest BCUT2D eigenvalue weighted by Gasteiger charge is 2.35. The second kappa shape index (κ2) is 7.81. The Balaban J connectivity index is 0.00000225. The van der Waals surface area contributed by atoms with Crippen LogP contribution >= 0.6 is 24.0 Å². The number of aryl methyl sites for hydroxylation is 1. The Morgan fingerprint density at radius 1 is 1.48 bits per heavy atom. The van der Waals surface area contributed by atoms with Gasteiger partial charge in [0.15, 0.2) is 0 Å². The first-order chi connectivity index (χ1) is 11.5. The van der Waals surface area contributed by atoms with Gasteiger partial charge in [0.2, 0.25) is 5.69 Å². The van der Waals surface area contributed by atoms with Crippen LogP contribution in [0.5, 0.6) is 0 Å². The second-order valence-corrected chi connectivity index (χ2v) is 6.01. The number of hydrogen-bond acceptors (Lipinski definition) is 5. The molecule has 10 heteroatoms. The van der Waals surface area contributed by atoms with Crippen LogP contribution in [-0.4, -0.2) is 45.6 Å². The van der Waals surface area contributed by atoms with E-state index in [1.807, 2.05) is 12.1 Å². The zero-order chi connectivity index (χ0) is 17.3. The summed E-state index contributed by atoms with van der Waals surface area (Å²) in [5, 5.41) is 21.4. The highest BCUT2D eigenvalue weighted by Crippen LogP contribution is 2.29. The molecule has 0 saturated carbocycles. The van der Waals surface area contributed by atoms with Gasteiger partial charge < -0.3 is 10.2 Å². The van der Waals surface area contributed by atoms with Crippen LogP contribution in [-0.2, 0) is 0 Å². The summed E-state index contributed by atoms with van der Waals surface area (Å²) in [5.74, 6) is -0.461. The Morgan fingerprint density at radius 2 is 2.24 bits per heavy atom. The first kappa shape index (κ1) is 19.2. The molecule has 1 fully saturated rings. The second-order valence-electron chi connectivity index (χ2n) is 5.58. The van der Waals surface area contributed by atoms with E-state index in [-0.39, 0.29) is 35.5 Å². The molecular formula is C15H17Cl2N5O3. The molecule has 2 aromatic rings. The number of amides is 1. The number of nitro groups is 1. The van der Waals surface area contributed by atoms with Gasteiger partial charge in [-0.3, -0.25) is 20.0 Å². The molecule has 1 amide bonds. The Hall–Kier alpha value is -2.16. The minimum absolute atomic E-state index is 0. The predicted molar refractivity (Wildman–Crippen MR) is 95.3 cm³/mol. The van der Waals surface area contributed by atoms with Gasteiger partial charge in [-0.1, -0.05) is 23.7 Å². The Kier molecular flexibility index (Phi) is 5.99. The number of carbonyl (C=O) groups excluding carboxylic acids is 1. The van der Waals surface area contributed by atoms with Crippen molar-refractivity contribution in [2.45, 2.75) is 13.0 Å². The number of piperazine rings is 1. The van der Waals surface area contributed by atoms with Crippen molar-refractivity contribution in [3.63, 3.8) is 0 Å². The van der Waals surface area contributed by atoms with Crippen molar-refractivity contribution < 1.29 is 9.72 Å². The molecule has 25 heavy (non-hydrogen) atoms. The minimum Gasteiger partial charge on any atom is -0.327 e. The summed E-state index contributed by atoms with van der Waals surface area (Å²) < 4.78 is 0. The van der Waals surface area contributed by atoms with Crippen LogP contribution < -0.4 is 5.32 Å². The lowest BCUT2D eigenvalue weighted by atomic mass is 10.0. The summed E-state index contributed by atoms with van der Waals surface area (Å²) in [6.07, 6.45) is 0. The zero-order valence-electron chi connectivity index (χ0n) is 13.4. The van der Waals surface area contributed by atoms with E-state index in [1.54, 1.807) is 17.0 Å². The lowest BCUT2D eigenvalue weighted by molar-refractivity contribution is -0.385. The fourth-order valence-corrected chi connectivity index (χ4v) is 3.09. The van der Waals surface area contributed by atoms with Gasteiger partial charge in [0, 0.05) is 24.7 Å². The van der Waals surface area contributed by atoms with E-state index in [0.717, 1.165) is 5.56 Å². The van der Waals surface area contributed by atoms with Gasteiger partial charge in [-0.15, -0.1) is 12.4 Å². The van der Waals surface area contributed by atoms with Crippen molar-refractivity contribution in [3.05, 3.63) is 56.4 Å². The summed E-state index contributed by atoms with van der Waals surface area (Å²) >= 11 is 6.05. The molecule has 1 aliphatic rings. The van der Waals surface area contributed by atoms with Crippen molar-refractivity contribution in [3.8, 4) is 0 Å². The normalized spacial score (nSPS) is 17.0. The predicted octanol–water partition coefficient (Wildman–Crippen LogP) is 2.49. The quantitative estimate of drug-likeness (QED) is 0.623. The van der Waals surface area contributed by atoms with Gasteiger partial charge in [-0.05, 0) is 24.6 Å². The third kappa shape index (κ3) is 3.76. The van der Waals surface area contributed by atoms with Gasteiger partial charge in [-0.2, -0.15) is 5.10 Å². The third-order valence-corrected chi connectivity index (χ3v) is 4.27. The number of rotatable bonds is 3. The SMILES string of the molecule is Cc1[nH]nc(C(=O)N2CCNCC2c2cccc(Cl)c2)c1[N+](=O)[O-].Cl. The maximum atomic E-state index is 12.9. The van der Waals surface area contributed by atoms with Crippen molar-refractivity contribution in [2.75, 3.05) is 19.6 Å². The monoisotopic (exact) mass is 385 g/mol. The smallest absolute Gasteiger partial charge is 0.322 e. The van der Waals surface area contributed by atoms with E-state index in [9.17, 15) is 14.9 Å². The van der Waals surface area contributed by atoms with E-state index >= 15 is 0 Å². The molecule has 0 radical (unpaired) electrons. The molecule has 0 bridgehead atoms. The summed E-state index contributed by atoms with van der Waals surface area (Å²) in [5.41, 5.74) is 0.700. The molecule has 2 N–H and O–H groups in total. The number of H-pyrrole nitrogens is 1. The van der Waals surface area contributed by atoms with Crippen LogP contribution in [0.1, 0.15) is 27.8 Å². The lowest BCUT2D eigenvalue weighted by Gasteiger charge is -2.36. The summed E-state index contributed by atoms with van der Waals surface area (Å²) in [6.45, 7) is 3.11. The largest absolute Gasteiger partial charge is 0.327 e. The van der Waals surface area contributed by atoms with Crippen LogP contribution in [0.15, 0.2) is 24.3 Å². The van der Waals surface area contributed by atoms with Crippen LogP contribution in [0.2, 0.25) is 5.02 Å². The average molecular weight is 386 g/mol. The van der Waals surface area contributed by atoms with E-state index in [1.165, 1.54) is 6.92 Å². The summed E-state index contributed by atoms with van der Waals surface area (Å²) in [7, 11) is 0. The molecule has 1 atom stereocenters. The van der Waals surface area contributed by atoms with Crippen LogP contribution in [0.4, 0.5) is 5.69 Å².